The Balaban J connectivity index is 0.00000400. The number of methoxy groups -OCH3 is 1. The molecule has 0 unspecified atom stereocenters. The lowest BCUT2D eigenvalue weighted by Crippen LogP contribution is -2.37. The van der Waals surface area contributed by atoms with Gasteiger partial charge in [0, 0.05) is 12.1 Å². The smallest absolute Gasteiger partial charge is 0.175 e. The second kappa shape index (κ2) is 9.34. The molecule has 0 aromatic heterocycles. The molecule has 0 saturated heterocycles. The Labute approximate surface area is 142 Å². The highest BCUT2D eigenvalue weighted by atomic mass is 79.9. The van der Waals surface area contributed by atoms with Crippen LogP contribution in [0.1, 0.15) is 32.8 Å². The number of hydrogen-bond donors (Lipinski definition) is 1. The summed E-state index contributed by atoms with van der Waals surface area (Å²) < 4.78 is 11.9. The minimum atomic E-state index is 0. The van der Waals surface area contributed by atoms with Crippen LogP contribution in [0.3, 0.4) is 0 Å². The third kappa shape index (κ3) is 6.29. The molecular weight excluding hydrogens is 354 g/mol. The highest BCUT2D eigenvalue weighted by molar-refractivity contribution is 9.10. The molecule has 0 aliphatic carbocycles. The maximum Gasteiger partial charge on any atom is 0.175 e. The molecule has 1 N–H and O–H groups in total. The highest BCUT2D eigenvalue weighted by Crippen LogP contribution is 2.36. The van der Waals surface area contributed by atoms with Crippen molar-refractivity contribution in [3.63, 3.8) is 0 Å². The zero-order valence-electron chi connectivity index (χ0n) is 13.2. The van der Waals surface area contributed by atoms with Crippen molar-refractivity contribution in [3.05, 3.63) is 34.8 Å². The SMILES string of the molecule is C=CCOc1c(Br)cc(CNC(C)(C)CC)cc1OC.Cl. The lowest BCUT2D eigenvalue weighted by Gasteiger charge is -2.25. The monoisotopic (exact) mass is 377 g/mol. The molecule has 5 heteroatoms. The van der Waals surface area contributed by atoms with Gasteiger partial charge in [-0.05, 0) is 53.9 Å². The Morgan fingerprint density at radius 1 is 1.38 bits per heavy atom. The number of hydrogen-bond acceptors (Lipinski definition) is 3. The van der Waals surface area contributed by atoms with Gasteiger partial charge in [-0.3, -0.25) is 0 Å². The van der Waals surface area contributed by atoms with Crippen LogP contribution in [0, 0.1) is 0 Å². The van der Waals surface area contributed by atoms with Crippen molar-refractivity contribution < 1.29 is 9.47 Å². The third-order valence-electron chi connectivity index (χ3n) is 3.29. The number of nitrogens with one attached hydrogen (secondary N) is 1. The molecule has 0 spiro atoms. The zero-order valence-corrected chi connectivity index (χ0v) is 15.6. The summed E-state index contributed by atoms with van der Waals surface area (Å²) >= 11 is 3.54. The largest absolute Gasteiger partial charge is 0.493 e. The molecule has 0 heterocycles. The van der Waals surface area contributed by atoms with E-state index < -0.39 is 0 Å². The molecule has 0 aliphatic heterocycles. The molecule has 0 radical (unpaired) electrons. The summed E-state index contributed by atoms with van der Waals surface area (Å²) in [6, 6.07) is 4.06. The van der Waals surface area contributed by atoms with Crippen LogP contribution in [0.15, 0.2) is 29.3 Å². The highest BCUT2D eigenvalue weighted by Gasteiger charge is 2.15. The van der Waals surface area contributed by atoms with E-state index in [1.807, 2.05) is 6.07 Å². The van der Waals surface area contributed by atoms with Gasteiger partial charge in [0.15, 0.2) is 11.5 Å². The van der Waals surface area contributed by atoms with Crippen LogP contribution in [0.5, 0.6) is 11.5 Å². The normalized spacial score (nSPS) is 10.7. The van der Waals surface area contributed by atoms with Crippen LogP contribution in [-0.4, -0.2) is 19.3 Å². The summed E-state index contributed by atoms with van der Waals surface area (Å²) in [6.45, 7) is 11.5. The Kier molecular flexibility index (Phi) is 9.02. The predicted octanol–water partition coefficient (Wildman–Crippen LogP) is 4.72. The van der Waals surface area contributed by atoms with Gasteiger partial charge in [-0.25, -0.2) is 0 Å². The minimum absolute atomic E-state index is 0. The molecule has 0 bridgehead atoms. The van der Waals surface area contributed by atoms with Crippen LogP contribution >= 0.6 is 28.3 Å². The molecule has 0 amide bonds. The van der Waals surface area contributed by atoms with E-state index in [9.17, 15) is 0 Å². The minimum Gasteiger partial charge on any atom is -0.493 e. The van der Waals surface area contributed by atoms with E-state index in [0.717, 1.165) is 28.8 Å². The molecule has 0 fully saturated rings. The standard InChI is InChI=1S/C16H24BrNO2.ClH/c1-6-8-20-15-13(17)9-12(10-14(15)19-5)11-18-16(3,4)7-2;/h6,9-10,18H,1,7-8,11H2,2-5H3;1H. The summed E-state index contributed by atoms with van der Waals surface area (Å²) in [5.74, 6) is 1.44. The van der Waals surface area contributed by atoms with Crippen molar-refractivity contribution in [2.24, 2.45) is 0 Å². The van der Waals surface area contributed by atoms with Crippen molar-refractivity contribution in [2.75, 3.05) is 13.7 Å². The third-order valence-corrected chi connectivity index (χ3v) is 3.88. The van der Waals surface area contributed by atoms with Gasteiger partial charge in [0.05, 0.1) is 11.6 Å². The van der Waals surface area contributed by atoms with E-state index in [-0.39, 0.29) is 17.9 Å². The Hall–Kier alpha value is -0.710. The van der Waals surface area contributed by atoms with Crippen molar-refractivity contribution >= 4 is 28.3 Å². The molecule has 0 atom stereocenters. The van der Waals surface area contributed by atoms with E-state index in [4.69, 9.17) is 9.47 Å². The molecule has 120 valence electrons. The van der Waals surface area contributed by atoms with Crippen LogP contribution in [0.4, 0.5) is 0 Å². The number of halogens is 2. The Bertz CT molecular complexity index is 464. The van der Waals surface area contributed by atoms with Crippen molar-refractivity contribution in [3.8, 4) is 11.5 Å². The fraction of sp³-hybridized carbons (Fsp3) is 0.500. The van der Waals surface area contributed by atoms with Crippen LogP contribution in [0.25, 0.3) is 0 Å². The molecular formula is C16H25BrClNO2. The first kappa shape index (κ1) is 20.3. The van der Waals surface area contributed by atoms with Crippen LogP contribution in [0.2, 0.25) is 0 Å². The summed E-state index contributed by atoms with van der Waals surface area (Å²) in [7, 11) is 1.65. The first-order valence-electron chi connectivity index (χ1n) is 6.78. The van der Waals surface area contributed by atoms with Gasteiger partial charge in [0.2, 0.25) is 0 Å². The maximum atomic E-state index is 5.62. The molecule has 0 saturated carbocycles. The van der Waals surface area contributed by atoms with Gasteiger partial charge in [-0.15, -0.1) is 12.4 Å². The Morgan fingerprint density at radius 3 is 2.57 bits per heavy atom. The first-order valence-corrected chi connectivity index (χ1v) is 7.58. The van der Waals surface area contributed by atoms with Crippen molar-refractivity contribution in [1.82, 2.24) is 5.32 Å². The molecule has 1 aromatic rings. The van der Waals surface area contributed by atoms with E-state index in [1.165, 1.54) is 0 Å². The van der Waals surface area contributed by atoms with Gasteiger partial charge in [0.25, 0.3) is 0 Å². The summed E-state index contributed by atoms with van der Waals surface area (Å²) in [6.07, 6.45) is 2.79. The zero-order chi connectivity index (χ0) is 15.2. The van der Waals surface area contributed by atoms with Gasteiger partial charge in [-0.2, -0.15) is 0 Å². The first-order chi connectivity index (χ1) is 9.43. The predicted molar refractivity (Wildman–Crippen MR) is 94.8 cm³/mol. The van der Waals surface area contributed by atoms with Gasteiger partial charge in [-0.1, -0.05) is 19.6 Å². The second-order valence-electron chi connectivity index (χ2n) is 5.30. The van der Waals surface area contributed by atoms with E-state index in [0.29, 0.717) is 12.4 Å². The number of ether oxygens (including phenoxy) is 2. The quantitative estimate of drug-likeness (QED) is 0.664. The molecule has 1 rings (SSSR count). The van der Waals surface area contributed by atoms with Crippen molar-refractivity contribution in [2.45, 2.75) is 39.3 Å². The van der Waals surface area contributed by atoms with E-state index in [2.05, 4.69) is 54.7 Å². The number of rotatable bonds is 8. The lowest BCUT2D eigenvalue weighted by molar-refractivity contribution is 0.323. The maximum absolute atomic E-state index is 5.62. The average molecular weight is 379 g/mol. The Morgan fingerprint density at radius 2 is 2.05 bits per heavy atom. The molecule has 3 nitrogen and oxygen atoms in total. The summed E-state index contributed by atoms with van der Waals surface area (Å²) in [5, 5.41) is 3.53. The van der Waals surface area contributed by atoms with E-state index >= 15 is 0 Å². The van der Waals surface area contributed by atoms with Gasteiger partial charge in [0.1, 0.15) is 6.61 Å². The lowest BCUT2D eigenvalue weighted by atomic mass is 10.0. The fourth-order valence-corrected chi connectivity index (χ4v) is 2.23. The van der Waals surface area contributed by atoms with Crippen LogP contribution < -0.4 is 14.8 Å². The second-order valence-corrected chi connectivity index (χ2v) is 6.15. The molecule has 21 heavy (non-hydrogen) atoms. The van der Waals surface area contributed by atoms with Gasteiger partial charge >= 0.3 is 0 Å². The summed E-state index contributed by atoms with van der Waals surface area (Å²) in [5.41, 5.74) is 1.28. The molecule has 1 aromatic carbocycles. The van der Waals surface area contributed by atoms with E-state index in [1.54, 1.807) is 13.2 Å². The van der Waals surface area contributed by atoms with Gasteiger partial charge < -0.3 is 14.8 Å². The fourth-order valence-electron chi connectivity index (χ4n) is 1.62. The number of benzene rings is 1. The molecule has 0 aliphatic rings. The average Bonchev–Trinajstić information content (AvgIpc) is 2.43. The van der Waals surface area contributed by atoms with Crippen LogP contribution in [-0.2, 0) is 6.54 Å². The summed E-state index contributed by atoms with van der Waals surface area (Å²) in [4.78, 5) is 0. The van der Waals surface area contributed by atoms with Crippen molar-refractivity contribution in [1.29, 1.82) is 0 Å². The topological polar surface area (TPSA) is 30.5 Å².